The number of hydrogen-bond acceptors (Lipinski definition) is 4. The van der Waals surface area contributed by atoms with Gasteiger partial charge in [0, 0.05) is 12.5 Å². The Kier molecular flexibility index (Phi) is 5.24. The van der Waals surface area contributed by atoms with Gasteiger partial charge in [0.25, 0.3) is 0 Å². The average molecular weight is 314 g/mol. The third kappa shape index (κ3) is 4.55. The molecule has 0 unspecified atom stereocenters. The van der Waals surface area contributed by atoms with E-state index in [4.69, 9.17) is 4.74 Å². The van der Waals surface area contributed by atoms with E-state index in [0.717, 1.165) is 24.2 Å². The van der Waals surface area contributed by atoms with Crippen molar-refractivity contribution in [2.45, 2.75) is 44.6 Å². The summed E-state index contributed by atoms with van der Waals surface area (Å²) in [7, 11) is 0. The van der Waals surface area contributed by atoms with Crippen LogP contribution in [0.25, 0.3) is 5.69 Å². The van der Waals surface area contributed by atoms with Crippen LogP contribution in [0.5, 0.6) is 0 Å². The van der Waals surface area contributed by atoms with E-state index in [1.807, 2.05) is 36.5 Å². The molecule has 1 aromatic carbocycles. The number of nitrogens with one attached hydrogen (secondary N) is 1. The summed E-state index contributed by atoms with van der Waals surface area (Å²) in [5.74, 6) is 0. The van der Waals surface area contributed by atoms with Crippen LogP contribution in [0, 0.1) is 0 Å². The lowest BCUT2D eigenvalue weighted by Crippen LogP contribution is -2.36. The summed E-state index contributed by atoms with van der Waals surface area (Å²) >= 11 is 0. The number of aromatic nitrogens is 3. The molecule has 0 atom stereocenters. The van der Waals surface area contributed by atoms with Crippen molar-refractivity contribution in [3.05, 3.63) is 42.2 Å². The molecule has 0 aliphatic heterocycles. The summed E-state index contributed by atoms with van der Waals surface area (Å²) in [5.41, 5.74) is 1.77. The van der Waals surface area contributed by atoms with E-state index in [-0.39, 0.29) is 12.1 Å². The van der Waals surface area contributed by atoms with E-state index in [0.29, 0.717) is 13.0 Å². The number of para-hydroxylation sites is 1. The van der Waals surface area contributed by atoms with E-state index < -0.39 is 0 Å². The molecule has 1 aliphatic rings. The lowest BCUT2D eigenvalue weighted by molar-refractivity contribution is 0.140. The van der Waals surface area contributed by atoms with Crippen molar-refractivity contribution in [2.75, 3.05) is 6.61 Å². The molecule has 6 nitrogen and oxygen atoms in total. The highest BCUT2D eigenvalue weighted by molar-refractivity contribution is 5.67. The second kappa shape index (κ2) is 7.76. The minimum Gasteiger partial charge on any atom is -0.449 e. The topological polar surface area (TPSA) is 69.0 Å². The van der Waals surface area contributed by atoms with Crippen LogP contribution in [0.3, 0.4) is 0 Å². The van der Waals surface area contributed by atoms with E-state index in [1.54, 1.807) is 4.68 Å². The first-order chi connectivity index (χ1) is 11.3. The third-order valence-corrected chi connectivity index (χ3v) is 4.08. The molecule has 3 rings (SSSR count). The van der Waals surface area contributed by atoms with Gasteiger partial charge in [-0.1, -0.05) is 42.7 Å². The maximum atomic E-state index is 11.8. The van der Waals surface area contributed by atoms with Crippen LogP contribution in [0.2, 0.25) is 0 Å². The molecule has 6 heteroatoms. The first-order valence-corrected chi connectivity index (χ1v) is 8.21. The zero-order valence-electron chi connectivity index (χ0n) is 13.1. The van der Waals surface area contributed by atoms with Gasteiger partial charge >= 0.3 is 6.09 Å². The van der Waals surface area contributed by atoms with Gasteiger partial charge in [-0.3, -0.25) is 0 Å². The van der Waals surface area contributed by atoms with Gasteiger partial charge in [-0.25, -0.2) is 9.48 Å². The molecule has 1 amide bonds. The highest BCUT2D eigenvalue weighted by Gasteiger charge is 2.16. The van der Waals surface area contributed by atoms with Crippen LogP contribution in [0.1, 0.15) is 37.8 Å². The summed E-state index contributed by atoms with van der Waals surface area (Å²) < 4.78 is 6.96. The molecule has 1 heterocycles. The molecule has 1 saturated carbocycles. The molecule has 23 heavy (non-hydrogen) atoms. The Morgan fingerprint density at radius 1 is 1.22 bits per heavy atom. The molecular weight excluding hydrogens is 292 g/mol. The van der Waals surface area contributed by atoms with Gasteiger partial charge in [0.2, 0.25) is 0 Å². The van der Waals surface area contributed by atoms with Crippen LogP contribution in [0.15, 0.2) is 36.5 Å². The fourth-order valence-electron chi connectivity index (χ4n) is 2.82. The SMILES string of the molecule is O=C(NC1CCCCC1)OCCc1cn(-c2ccccc2)nn1. The van der Waals surface area contributed by atoms with Crippen molar-refractivity contribution < 1.29 is 9.53 Å². The zero-order valence-corrected chi connectivity index (χ0v) is 13.1. The number of carbonyl (C=O) groups is 1. The van der Waals surface area contributed by atoms with Crippen molar-refractivity contribution in [2.24, 2.45) is 0 Å². The van der Waals surface area contributed by atoms with Crippen molar-refractivity contribution >= 4 is 6.09 Å². The Hall–Kier alpha value is -2.37. The van der Waals surface area contributed by atoms with E-state index in [1.165, 1.54) is 19.3 Å². The first kappa shape index (κ1) is 15.5. The largest absolute Gasteiger partial charge is 0.449 e. The van der Waals surface area contributed by atoms with Crippen molar-refractivity contribution in [1.29, 1.82) is 0 Å². The summed E-state index contributed by atoms with van der Waals surface area (Å²) in [5, 5.41) is 11.1. The molecule has 122 valence electrons. The van der Waals surface area contributed by atoms with Gasteiger partial charge in [-0.2, -0.15) is 0 Å². The first-order valence-electron chi connectivity index (χ1n) is 8.21. The number of benzene rings is 1. The molecule has 2 aromatic rings. The van der Waals surface area contributed by atoms with Gasteiger partial charge in [-0.15, -0.1) is 5.10 Å². The van der Waals surface area contributed by atoms with E-state index in [9.17, 15) is 4.79 Å². The van der Waals surface area contributed by atoms with Gasteiger partial charge in [0.1, 0.15) is 0 Å². The second-order valence-corrected chi connectivity index (χ2v) is 5.86. The predicted molar refractivity (Wildman–Crippen MR) is 86.4 cm³/mol. The molecule has 1 aromatic heterocycles. The summed E-state index contributed by atoms with van der Waals surface area (Å²) in [6.07, 6.45) is 7.85. The van der Waals surface area contributed by atoms with Crippen LogP contribution in [-0.4, -0.2) is 33.7 Å². The lowest BCUT2D eigenvalue weighted by atomic mass is 9.96. The monoisotopic (exact) mass is 314 g/mol. The zero-order chi connectivity index (χ0) is 15.9. The molecule has 0 spiro atoms. The van der Waals surface area contributed by atoms with Crippen LogP contribution in [0.4, 0.5) is 4.79 Å². The number of carbonyl (C=O) groups excluding carboxylic acids is 1. The minimum absolute atomic E-state index is 0.273. The summed E-state index contributed by atoms with van der Waals surface area (Å²) in [6, 6.07) is 10.1. The van der Waals surface area contributed by atoms with Crippen molar-refractivity contribution in [3.63, 3.8) is 0 Å². The lowest BCUT2D eigenvalue weighted by Gasteiger charge is -2.22. The number of ether oxygens (including phenoxy) is 1. The van der Waals surface area contributed by atoms with Gasteiger partial charge in [-0.05, 0) is 25.0 Å². The summed E-state index contributed by atoms with van der Waals surface area (Å²) in [4.78, 5) is 11.8. The van der Waals surface area contributed by atoms with Crippen LogP contribution < -0.4 is 5.32 Å². The number of amides is 1. The predicted octanol–water partition coefficient (Wildman–Crippen LogP) is 2.87. The normalized spacial score (nSPS) is 15.3. The fraction of sp³-hybridized carbons (Fsp3) is 0.471. The number of rotatable bonds is 5. The molecule has 1 fully saturated rings. The Bertz CT molecular complexity index is 621. The quantitative estimate of drug-likeness (QED) is 0.921. The number of nitrogens with zero attached hydrogens (tertiary/aromatic N) is 3. The molecule has 1 aliphatic carbocycles. The second-order valence-electron chi connectivity index (χ2n) is 5.86. The molecule has 0 saturated heterocycles. The van der Waals surface area contributed by atoms with E-state index in [2.05, 4.69) is 15.6 Å². The number of alkyl carbamates (subject to hydrolysis) is 1. The minimum atomic E-state index is -0.327. The third-order valence-electron chi connectivity index (χ3n) is 4.08. The maximum absolute atomic E-state index is 11.8. The number of hydrogen-bond donors (Lipinski definition) is 1. The Balaban J connectivity index is 1.42. The Morgan fingerprint density at radius 2 is 2.00 bits per heavy atom. The smallest absolute Gasteiger partial charge is 0.407 e. The van der Waals surface area contributed by atoms with E-state index >= 15 is 0 Å². The van der Waals surface area contributed by atoms with Gasteiger partial charge < -0.3 is 10.1 Å². The molecule has 0 bridgehead atoms. The van der Waals surface area contributed by atoms with Crippen LogP contribution in [-0.2, 0) is 11.2 Å². The average Bonchev–Trinajstić information content (AvgIpc) is 3.05. The van der Waals surface area contributed by atoms with Crippen molar-refractivity contribution in [3.8, 4) is 5.69 Å². The Labute approximate surface area is 135 Å². The van der Waals surface area contributed by atoms with Crippen LogP contribution >= 0.6 is 0 Å². The van der Waals surface area contributed by atoms with Crippen molar-refractivity contribution in [1.82, 2.24) is 20.3 Å². The Morgan fingerprint density at radius 3 is 2.78 bits per heavy atom. The molecule has 1 N–H and O–H groups in total. The summed E-state index contributed by atoms with van der Waals surface area (Å²) in [6.45, 7) is 0.312. The molecular formula is C17H22N4O2. The fourth-order valence-corrected chi connectivity index (χ4v) is 2.82. The standard InChI is InChI=1S/C17H22N4O2/c22-17(18-14-7-3-1-4-8-14)23-12-11-15-13-21(20-19-15)16-9-5-2-6-10-16/h2,5-6,9-10,13-14H,1,3-4,7-8,11-12H2,(H,18,22). The van der Waals surface area contributed by atoms with Gasteiger partial charge in [0.05, 0.1) is 24.2 Å². The van der Waals surface area contributed by atoms with Gasteiger partial charge in [0.15, 0.2) is 0 Å². The highest BCUT2D eigenvalue weighted by atomic mass is 16.5. The highest BCUT2D eigenvalue weighted by Crippen LogP contribution is 2.17. The molecule has 0 radical (unpaired) electrons. The maximum Gasteiger partial charge on any atom is 0.407 e.